The molecule has 3 unspecified atom stereocenters. The van der Waals surface area contributed by atoms with Crippen LogP contribution in [-0.2, 0) is 6.42 Å². The molecule has 3 atom stereocenters. The Balaban J connectivity index is 1.87. The van der Waals surface area contributed by atoms with Crippen molar-refractivity contribution in [3.05, 3.63) is 29.6 Å². The molecule has 0 radical (unpaired) electrons. The first-order valence-corrected chi connectivity index (χ1v) is 6.54. The van der Waals surface area contributed by atoms with E-state index in [1.165, 1.54) is 43.4 Å². The van der Waals surface area contributed by atoms with Crippen LogP contribution >= 0.6 is 0 Å². The van der Waals surface area contributed by atoms with Crippen molar-refractivity contribution in [1.29, 1.82) is 0 Å². The van der Waals surface area contributed by atoms with Crippen molar-refractivity contribution in [3.63, 3.8) is 0 Å². The van der Waals surface area contributed by atoms with Gasteiger partial charge in [0.25, 0.3) is 0 Å². The number of fused-ring (bicyclic) bond motifs is 1. The van der Waals surface area contributed by atoms with E-state index in [4.69, 9.17) is 5.73 Å². The van der Waals surface area contributed by atoms with Crippen molar-refractivity contribution >= 4 is 0 Å². The average Bonchev–Trinajstić information content (AvgIpc) is 2.94. The minimum Gasteiger partial charge on any atom is -0.330 e. The molecule has 0 aliphatic heterocycles. The summed E-state index contributed by atoms with van der Waals surface area (Å²) in [5.74, 6) is 2.26. The van der Waals surface area contributed by atoms with Crippen molar-refractivity contribution in [2.75, 3.05) is 6.54 Å². The van der Waals surface area contributed by atoms with Crippen molar-refractivity contribution in [3.8, 4) is 0 Å². The Labute approximate surface area is 97.3 Å². The van der Waals surface area contributed by atoms with Crippen LogP contribution in [0.1, 0.15) is 42.9 Å². The molecule has 1 aromatic rings. The fourth-order valence-electron chi connectivity index (χ4n) is 3.75. The molecule has 0 saturated heterocycles. The predicted octanol–water partition coefficient (Wildman–Crippen LogP) is 2.49. The molecule has 2 aliphatic rings. The quantitative estimate of drug-likeness (QED) is 0.825. The maximum Gasteiger partial charge on any atom is 0.0469 e. The molecule has 1 aromatic heterocycles. The third-order valence-corrected chi connectivity index (χ3v) is 4.54. The summed E-state index contributed by atoms with van der Waals surface area (Å²) in [6.45, 7) is 0.864. The second kappa shape index (κ2) is 4.17. The molecule has 0 aromatic carbocycles. The molecule has 86 valence electrons. The Morgan fingerprint density at radius 1 is 1.31 bits per heavy atom. The number of aromatic nitrogens is 1. The van der Waals surface area contributed by atoms with E-state index in [9.17, 15) is 0 Å². The number of aryl methyl sites for hydroxylation is 1. The van der Waals surface area contributed by atoms with Gasteiger partial charge in [0.2, 0.25) is 0 Å². The summed E-state index contributed by atoms with van der Waals surface area (Å²) in [6, 6.07) is 4.31. The van der Waals surface area contributed by atoms with Gasteiger partial charge in [-0.05, 0) is 55.7 Å². The van der Waals surface area contributed by atoms with E-state index in [2.05, 4.69) is 17.1 Å². The Hall–Kier alpha value is -0.890. The lowest BCUT2D eigenvalue weighted by atomic mass is 9.82. The van der Waals surface area contributed by atoms with Crippen molar-refractivity contribution in [1.82, 2.24) is 4.98 Å². The van der Waals surface area contributed by atoms with Gasteiger partial charge in [-0.15, -0.1) is 0 Å². The van der Waals surface area contributed by atoms with E-state index in [-0.39, 0.29) is 0 Å². The summed E-state index contributed by atoms with van der Waals surface area (Å²) >= 11 is 0. The Kier molecular flexibility index (Phi) is 2.68. The van der Waals surface area contributed by atoms with Crippen molar-refractivity contribution < 1.29 is 0 Å². The van der Waals surface area contributed by atoms with Crippen LogP contribution in [0.25, 0.3) is 0 Å². The van der Waals surface area contributed by atoms with Crippen LogP contribution in [0.4, 0.5) is 0 Å². The molecule has 16 heavy (non-hydrogen) atoms. The molecule has 1 heterocycles. The average molecular weight is 216 g/mol. The van der Waals surface area contributed by atoms with Gasteiger partial charge in [-0.1, -0.05) is 12.5 Å². The summed E-state index contributed by atoms with van der Waals surface area (Å²) in [7, 11) is 0. The first kappa shape index (κ1) is 10.3. The summed E-state index contributed by atoms with van der Waals surface area (Å²) in [6.07, 6.45) is 8.53. The van der Waals surface area contributed by atoms with Gasteiger partial charge in [-0.2, -0.15) is 0 Å². The minimum atomic E-state index is 0.701. The lowest BCUT2D eigenvalue weighted by molar-refractivity contribution is 0.325. The van der Waals surface area contributed by atoms with Gasteiger partial charge in [-0.3, -0.25) is 4.98 Å². The van der Waals surface area contributed by atoms with Gasteiger partial charge in [0.15, 0.2) is 0 Å². The zero-order chi connectivity index (χ0) is 11.0. The number of rotatable bonds is 2. The first-order chi connectivity index (χ1) is 7.90. The topological polar surface area (TPSA) is 38.9 Å². The fourth-order valence-corrected chi connectivity index (χ4v) is 3.75. The third-order valence-electron chi connectivity index (χ3n) is 4.54. The van der Waals surface area contributed by atoms with Crippen molar-refractivity contribution in [2.24, 2.45) is 17.6 Å². The van der Waals surface area contributed by atoms with Gasteiger partial charge in [0.05, 0.1) is 0 Å². The Morgan fingerprint density at radius 3 is 3.12 bits per heavy atom. The van der Waals surface area contributed by atoms with Crippen molar-refractivity contribution in [2.45, 2.75) is 38.0 Å². The van der Waals surface area contributed by atoms with Crippen LogP contribution in [0, 0.1) is 11.8 Å². The Morgan fingerprint density at radius 2 is 2.25 bits per heavy atom. The molecule has 0 bridgehead atoms. The highest BCUT2D eigenvalue weighted by atomic mass is 14.7. The van der Waals surface area contributed by atoms with E-state index in [0.717, 1.165) is 18.4 Å². The maximum absolute atomic E-state index is 5.89. The Bertz CT molecular complexity index is 375. The highest BCUT2D eigenvalue weighted by molar-refractivity contribution is 5.29. The number of nitrogens with zero attached hydrogens (tertiary/aromatic N) is 1. The van der Waals surface area contributed by atoms with Gasteiger partial charge >= 0.3 is 0 Å². The smallest absolute Gasteiger partial charge is 0.0469 e. The van der Waals surface area contributed by atoms with Crippen LogP contribution in [-0.4, -0.2) is 11.5 Å². The zero-order valence-electron chi connectivity index (χ0n) is 9.73. The number of hydrogen-bond donors (Lipinski definition) is 1. The van der Waals surface area contributed by atoms with E-state index >= 15 is 0 Å². The highest BCUT2D eigenvalue weighted by Crippen LogP contribution is 2.46. The van der Waals surface area contributed by atoms with Gasteiger partial charge in [-0.25, -0.2) is 0 Å². The van der Waals surface area contributed by atoms with Crippen LogP contribution in [0.3, 0.4) is 0 Å². The molecular weight excluding hydrogens is 196 g/mol. The molecule has 1 fully saturated rings. The molecular formula is C14H20N2. The van der Waals surface area contributed by atoms with Crippen LogP contribution in [0.2, 0.25) is 0 Å². The summed E-state index contributed by atoms with van der Waals surface area (Å²) in [5.41, 5.74) is 8.76. The number of pyridine rings is 1. The third kappa shape index (κ3) is 1.56. The molecule has 2 N–H and O–H groups in total. The van der Waals surface area contributed by atoms with Gasteiger partial charge < -0.3 is 5.73 Å². The standard InChI is InChI=1S/C14H20N2/c15-9-11-3-1-5-12(11)13-7-6-10-4-2-8-16-14(10)13/h2,4,8,11-13H,1,3,5-7,9,15H2. The van der Waals surface area contributed by atoms with E-state index in [0.29, 0.717) is 5.92 Å². The normalized spacial score (nSPS) is 32.9. The maximum atomic E-state index is 5.89. The monoisotopic (exact) mass is 216 g/mol. The lowest BCUT2D eigenvalue weighted by Gasteiger charge is -2.24. The van der Waals surface area contributed by atoms with Crippen LogP contribution in [0.15, 0.2) is 18.3 Å². The predicted molar refractivity (Wildman–Crippen MR) is 65.2 cm³/mol. The number of hydrogen-bond acceptors (Lipinski definition) is 2. The van der Waals surface area contributed by atoms with Crippen LogP contribution < -0.4 is 5.73 Å². The molecule has 2 heteroatoms. The highest BCUT2D eigenvalue weighted by Gasteiger charge is 2.37. The number of nitrogens with two attached hydrogens (primary N) is 1. The molecule has 1 saturated carbocycles. The van der Waals surface area contributed by atoms with E-state index < -0.39 is 0 Å². The zero-order valence-corrected chi connectivity index (χ0v) is 9.73. The summed E-state index contributed by atoms with van der Waals surface area (Å²) in [4.78, 5) is 4.61. The van der Waals surface area contributed by atoms with E-state index in [1.807, 2.05) is 6.20 Å². The first-order valence-electron chi connectivity index (χ1n) is 6.54. The van der Waals surface area contributed by atoms with Crippen LogP contribution in [0.5, 0.6) is 0 Å². The van der Waals surface area contributed by atoms with Gasteiger partial charge in [0, 0.05) is 17.8 Å². The molecule has 0 spiro atoms. The second-order valence-corrected chi connectivity index (χ2v) is 5.28. The second-order valence-electron chi connectivity index (χ2n) is 5.28. The largest absolute Gasteiger partial charge is 0.330 e. The summed E-state index contributed by atoms with van der Waals surface area (Å²) < 4.78 is 0. The summed E-state index contributed by atoms with van der Waals surface area (Å²) in [5, 5.41) is 0. The fraction of sp³-hybridized carbons (Fsp3) is 0.643. The minimum absolute atomic E-state index is 0.701. The lowest BCUT2D eigenvalue weighted by Crippen LogP contribution is -2.23. The SMILES string of the molecule is NCC1CCCC1C1CCc2cccnc21. The molecule has 2 nitrogen and oxygen atoms in total. The molecule has 3 rings (SSSR count). The van der Waals surface area contributed by atoms with E-state index in [1.54, 1.807) is 0 Å². The molecule has 2 aliphatic carbocycles. The van der Waals surface area contributed by atoms with Gasteiger partial charge in [0.1, 0.15) is 0 Å². The molecule has 0 amide bonds.